The summed E-state index contributed by atoms with van der Waals surface area (Å²) in [6, 6.07) is 6.61. The summed E-state index contributed by atoms with van der Waals surface area (Å²) < 4.78 is 18.1. The molecule has 0 heterocycles. The van der Waals surface area contributed by atoms with Crippen LogP contribution in [-0.4, -0.2) is 45.6 Å². The van der Waals surface area contributed by atoms with Crippen LogP contribution in [0.15, 0.2) is 34.2 Å². The van der Waals surface area contributed by atoms with Gasteiger partial charge in [0.2, 0.25) is 0 Å². The first kappa shape index (κ1) is 19.1. The minimum absolute atomic E-state index is 0.194. The van der Waals surface area contributed by atoms with Gasteiger partial charge in [0.05, 0.1) is 0 Å². The summed E-state index contributed by atoms with van der Waals surface area (Å²) in [6.07, 6.45) is 4.95. The van der Waals surface area contributed by atoms with Gasteiger partial charge in [-0.05, 0) is 48.9 Å². The molecule has 1 aromatic carbocycles. The molecule has 24 heavy (non-hydrogen) atoms. The molecule has 1 aliphatic rings. The van der Waals surface area contributed by atoms with Crippen LogP contribution in [0.5, 0.6) is 0 Å². The molecule has 0 aliphatic heterocycles. The fourth-order valence-electron chi connectivity index (χ4n) is 2.87. The molecular weight excluding hydrogens is 325 g/mol. The van der Waals surface area contributed by atoms with E-state index in [1.165, 1.54) is 31.4 Å². The summed E-state index contributed by atoms with van der Waals surface area (Å²) in [5.74, 6) is 1.56. The number of ether oxygens (including phenoxy) is 1. The Morgan fingerprint density at radius 3 is 2.62 bits per heavy atom. The van der Waals surface area contributed by atoms with Gasteiger partial charge in [-0.15, -0.1) is 11.8 Å². The Hall–Kier alpha value is -1.27. The van der Waals surface area contributed by atoms with E-state index in [0.717, 1.165) is 42.7 Å². The van der Waals surface area contributed by atoms with Crippen molar-refractivity contribution in [1.82, 2.24) is 10.6 Å². The Morgan fingerprint density at radius 1 is 1.29 bits per heavy atom. The molecule has 0 bridgehead atoms. The van der Waals surface area contributed by atoms with Crippen molar-refractivity contribution in [2.45, 2.75) is 30.6 Å². The van der Waals surface area contributed by atoms with E-state index in [9.17, 15) is 4.39 Å². The standard InChI is InChI=1S/C18H28FN3OS/c1-20-17(22-14-18(8-3-9-18)10-12-23-2)21-11-13-24-16-6-4-15(19)5-7-16/h4-7H,3,8-14H2,1-2H3,(H2,20,21,22). The predicted molar refractivity (Wildman–Crippen MR) is 99.3 cm³/mol. The zero-order chi connectivity index (χ0) is 17.3. The quantitative estimate of drug-likeness (QED) is 0.309. The molecule has 0 aromatic heterocycles. The first-order valence-corrected chi connectivity index (χ1v) is 9.48. The maximum absolute atomic E-state index is 12.9. The summed E-state index contributed by atoms with van der Waals surface area (Å²) in [6.45, 7) is 2.58. The molecule has 1 saturated carbocycles. The fraction of sp³-hybridized carbons (Fsp3) is 0.611. The van der Waals surface area contributed by atoms with Crippen LogP contribution in [0.2, 0.25) is 0 Å². The predicted octanol–water partition coefficient (Wildman–Crippen LogP) is 3.29. The van der Waals surface area contributed by atoms with Gasteiger partial charge in [0.1, 0.15) is 5.82 Å². The van der Waals surface area contributed by atoms with Crippen LogP contribution >= 0.6 is 11.8 Å². The molecule has 0 radical (unpaired) electrons. The Morgan fingerprint density at radius 2 is 2.04 bits per heavy atom. The van der Waals surface area contributed by atoms with Crippen LogP contribution in [0.25, 0.3) is 0 Å². The number of hydrogen-bond donors (Lipinski definition) is 2. The minimum atomic E-state index is -0.194. The smallest absolute Gasteiger partial charge is 0.191 e. The van der Waals surface area contributed by atoms with E-state index in [1.54, 1.807) is 25.9 Å². The molecule has 4 nitrogen and oxygen atoms in total. The number of halogens is 1. The molecule has 2 rings (SSSR count). The SMILES string of the molecule is CN=C(NCCSc1ccc(F)cc1)NCC1(CCOC)CCC1. The third-order valence-electron chi connectivity index (χ3n) is 4.58. The van der Waals surface area contributed by atoms with E-state index in [1.807, 2.05) is 12.1 Å². The topological polar surface area (TPSA) is 45.7 Å². The van der Waals surface area contributed by atoms with Crippen LogP contribution in [0.1, 0.15) is 25.7 Å². The Labute approximate surface area is 148 Å². The van der Waals surface area contributed by atoms with Gasteiger partial charge in [-0.25, -0.2) is 4.39 Å². The van der Waals surface area contributed by atoms with Crippen molar-refractivity contribution in [2.75, 3.05) is 39.6 Å². The molecule has 0 amide bonds. The first-order valence-electron chi connectivity index (χ1n) is 8.49. The number of methoxy groups -OCH3 is 1. The molecule has 0 unspecified atom stereocenters. The lowest BCUT2D eigenvalue weighted by Crippen LogP contribution is -2.47. The van der Waals surface area contributed by atoms with Crippen molar-refractivity contribution in [3.8, 4) is 0 Å². The van der Waals surface area contributed by atoms with Gasteiger partial charge in [0.25, 0.3) is 0 Å². The number of hydrogen-bond acceptors (Lipinski definition) is 3. The molecule has 2 N–H and O–H groups in total. The van der Waals surface area contributed by atoms with Crippen LogP contribution < -0.4 is 10.6 Å². The van der Waals surface area contributed by atoms with E-state index in [2.05, 4.69) is 15.6 Å². The van der Waals surface area contributed by atoms with Crippen LogP contribution in [0, 0.1) is 11.2 Å². The van der Waals surface area contributed by atoms with Crippen molar-refractivity contribution >= 4 is 17.7 Å². The van der Waals surface area contributed by atoms with Crippen molar-refractivity contribution in [3.63, 3.8) is 0 Å². The van der Waals surface area contributed by atoms with Gasteiger partial charge in [-0.3, -0.25) is 4.99 Å². The van der Waals surface area contributed by atoms with Crippen molar-refractivity contribution in [3.05, 3.63) is 30.1 Å². The highest BCUT2D eigenvalue weighted by Crippen LogP contribution is 2.43. The number of guanidine groups is 1. The highest BCUT2D eigenvalue weighted by Gasteiger charge is 2.36. The second-order valence-electron chi connectivity index (χ2n) is 6.25. The third kappa shape index (κ3) is 5.98. The molecule has 0 spiro atoms. The lowest BCUT2D eigenvalue weighted by molar-refractivity contribution is 0.0733. The number of nitrogens with zero attached hydrogens (tertiary/aromatic N) is 1. The lowest BCUT2D eigenvalue weighted by Gasteiger charge is -2.42. The second kappa shape index (κ2) is 9.89. The zero-order valence-corrected chi connectivity index (χ0v) is 15.4. The first-order chi connectivity index (χ1) is 11.7. The molecular formula is C18H28FN3OS. The monoisotopic (exact) mass is 353 g/mol. The van der Waals surface area contributed by atoms with Crippen LogP contribution in [0.3, 0.4) is 0 Å². The molecule has 6 heteroatoms. The Balaban J connectivity index is 1.66. The van der Waals surface area contributed by atoms with E-state index in [-0.39, 0.29) is 5.82 Å². The van der Waals surface area contributed by atoms with Crippen molar-refractivity contribution in [2.24, 2.45) is 10.4 Å². The Bertz CT molecular complexity index is 518. The summed E-state index contributed by atoms with van der Waals surface area (Å²) in [7, 11) is 3.56. The molecule has 1 aromatic rings. The number of benzene rings is 1. The van der Waals surface area contributed by atoms with E-state index < -0.39 is 0 Å². The summed E-state index contributed by atoms with van der Waals surface area (Å²) >= 11 is 1.70. The van der Waals surface area contributed by atoms with Crippen LogP contribution in [0.4, 0.5) is 4.39 Å². The lowest BCUT2D eigenvalue weighted by atomic mass is 9.67. The van der Waals surface area contributed by atoms with Gasteiger partial charge in [0, 0.05) is 44.5 Å². The normalized spacial score (nSPS) is 16.5. The maximum atomic E-state index is 12.9. The summed E-state index contributed by atoms with van der Waals surface area (Å²) in [5, 5.41) is 6.79. The zero-order valence-electron chi connectivity index (χ0n) is 14.6. The average molecular weight is 354 g/mol. The Kier molecular flexibility index (Phi) is 7.85. The van der Waals surface area contributed by atoms with Crippen molar-refractivity contribution in [1.29, 1.82) is 0 Å². The van der Waals surface area contributed by atoms with E-state index >= 15 is 0 Å². The van der Waals surface area contributed by atoms with Gasteiger partial charge >= 0.3 is 0 Å². The summed E-state index contributed by atoms with van der Waals surface area (Å²) in [5.41, 5.74) is 0.372. The highest BCUT2D eigenvalue weighted by atomic mass is 32.2. The molecule has 1 fully saturated rings. The average Bonchev–Trinajstić information content (AvgIpc) is 2.57. The number of thioether (sulfide) groups is 1. The number of aliphatic imine (C=N–C) groups is 1. The summed E-state index contributed by atoms with van der Waals surface area (Å²) in [4.78, 5) is 5.37. The minimum Gasteiger partial charge on any atom is -0.385 e. The molecule has 134 valence electrons. The molecule has 1 aliphatic carbocycles. The van der Waals surface area contributed by atoms with Crippen molar-refractivity contribution < 1.29 is 9.13 Å². The van der Waals surface area contributed by atoms with E-state index in [0.29, 0.717) is 5.41 Å². The maximum Gasteiger partial charge on any atom is 0.191 e. The van der Waals surface area contributed by atoms with Gasteiger partial charge in [-0.2, -0.15) is 0 Å². The van der Waals surface area contributed by atoms with Gasteiger partial charge < -0.3 is 15.4 Å². The number of rotatable bonds is 9. The van der Waals surface area contributed by atoms with Crippen LogP contribution in [-0.2, 0) is 4.74 Å². The molecule has 0 atom stereocenters. The van der Waals surface area contributed by atoms with Gasteiger partial charge in [0.15, 0.2) is 5.96 Å². The largest absolute Gasteiger partial charge is 0.385 e. The number of nitrogens with one attached hydrogen (secondary N) is 2. The fourth-order valence-corrected chi connectivity index (χ4v) is 3.64. The molecule has 0 saturated heterocycles. The van der Waals surface area contributed by atoms with E-state index in [4.69, 9.17) is 4.74 Å². The third-order valence-corrected chi connectivity index (χ3v) is 5.60. The van der Waals surface area contributed by atoms with Gasteiger partial charge in [-0.1, -0.05) is 6.42 Å². The second-order valence-corrected chi connectivity index (χ2v) is 7.42. The highest BCUT2D eigenvalue weighted by molar-refractivity contribution is 7.99.